The average Bonchev–Trinajstić information content (AvgIpc) is 2.11. The third-order valence-corrected chi connectivity index (χ3v) is 2.19. The first-order chi connectivity index (χ1) is 6.19. The van der Waals surface area contributed by atoms with E-state index in [1.54, 1.807) is 0 Å². The van der Waals surface area contributed by atoms with Gasteiger partial charge in [0.25, 0.3) is 0 Å². The Bertz CT molecular complexity index is 172. The Balaban J connectivity index is 2.52. The fourth-order valence-electron chi connectivity index (χ4n) is 1.45. The molecule has 0 aromatic rings. The molecule has 1 aliphatic heterocycles. The summed E-state index contributed by atoms with van der Waals surface area (Å²) in [6.45, 7) is -0.354. The lowest BCUT2D eigenvalue weighted by Gasteiger charge is -2.35. The van der Waals surface area contributed by atoms with Crippen molar-refractivity contribution in [2.75, 3.05) is 6.61 Å². The van der Waals surface area contributed by atoms with E-state index in [-0.39, 0.29) is 19.4 Å². The zero-order chi connectivity index (χ0) is 9.84. The van der Waals surface area contributed by atoms with Crippen molar-refractivity contribution in [3.05, 3.63) is 0 Å². The summed E-state index contributed by atoms with van der Waals surface area (Å²) < 4.78 is 5.17. The molecule has 1 heterocycles. The molecule has 1 fully saturated rings. The fourth-order valence-corrected chi connectivity index (χ4v) is 1.45. The fraction of sp³-hybridized carbons (Fsp3) is 0.875. The van der Waals surface area contributed by atoms with Crippen LogP contribution in [0, 0.1) is 0 Å². The number of aliphatic hydroxyl groups is 3. The maximum Gasteiger partial charge on any atom is 0.122 e. The molecule has 3 N–H and O–H groups in total. The van der Waals surface area contributed by atoms with Crippen LogP contribution in [-0.4, -0.2) is 52.6 Å². The van der Waals surface area contributed by atoms with Gasteiger partial charge in [0, 0.05) is 12.8 Å². The molecule has 4 atom stereocenters. The van der Waals surface area contributed by atoms with Crippen molar-refractivity contribution in [3.63, 3.8) is 0 Å². The third kappa shape index (κ3) is 2.47. The van der Waals surface area contributed by atoms with E-state index >= 15 is 0 Å². The van der Waals surface area contributed by atoms with Crippen LogP contribution < -0.4 is 0 Å². The molecule has 5 nitrogen and oxygen atoms in total. The van der Waals surface area contributed by atoms with E-state index in [1.165, 1.54) is 0 Å². The molecule has 0 radical (unpaired) electrons. The van der Waals surface area contributed by atoms with Crippen molar-refractivity contribution >= 4 is 6.29 Å². The van der Waals surface area contributed by atoms with Gasteiger partial charge in [-0.2, -0.15) is 0 Å². The van der Waals surface area contributed by atoms with Crippen LogP contribution in [0.1, 0.15) is 12.8 Å². The van der Waals surface area contributed by atoms with Gasteiger partial charge in [0.2, 0.25) is 0 Å². The van der Waals surface area contributed by atoms with Crippen molar-refractivity contribution in [2.45, 2.75) is 37.3 Å². The molecule has 1 aliphatic rings. The molecule has 0 amide bonds. The molecule has 1 saturated heterocycles. The van der Waals surface area contributed by atoms with E-state index in [9.17, 15) is 15.0 Å². The number of hydrogen-bond acceptors (Lipinski definition) is 5. The molecule has 0 saturated carbocycles. The predicted octanol–water partition coefficient (Wildman–Crippen LogP) is -1.55. The lowest BCUT2D eigenvalue weighted by Crippen LogP contribution is -2.49. The molecule has 13 heavy (non-hydrogen) atoms. The second-order valence-corrected chi connectivity index (χ2v) is 3.18. The van der Waals surface area contributed by atoms with E-state index in [4.69, 9.17) is 9.84 Å². The number of carbonyl (C=O) groups is 1. The second kappa shape index (κ2) is 4.66. The number of hydrogen-bond donors (Lipinski definition) is 3. The van der Waals surface area contributed by atoms with Gasteiger partial charge in [-0.15, -0.1) is 0 Å². The minimum atomic E-state index is -1.06. The molecule has 0 aromatic carbocycles. The molecule has 76 valence electrons. The van der Waals surface area contributed by atoms with Crippen molar-refractivity contribution in [3.8, 4) is 0 Å². The molecule has 0 aromatic heterocycles. The molecular weight excluding hydrogens is 176 g/mol. The summed E-state index contributed by atoms with van der Waals surface area (Å²) >= 11 is 0. The maximum absolute atomic E-state index is 10.2. The Morgan fingerprint density at radius 1 is 1.46 bits per heavy atom. The molecule has 0 spiro atoms. The average molecular weight is 190 g/mol. The van der Waals surface area contributed by atoms with E-state index < -0.39 is 24.4 Å². The van der Waals surface area contributed by atoms with Crippen LogP contribution in [0.2, 0.25) is 0 Å². The summed E-state index contributed by atoms with van der Waals surface area (Å²) in [7, 11) is 0. The summed E-state index contributed by atoms with van der Waals surface area (Å²) in [6.07, 6.45) is -2.05. The Morgan fingerprint density at radius 2 is 2.15 bits per heavy atom. The molecule has 0 bridgehead atoms. The molecular formula is C8H14O5. The van der Waals surface area contributed by atoms with Crippen molar-refractivity contribution in [2.24, 2.45) is 0 Å². The zero-order valence-electron chi connectivity index (χ0n) is 7.17. The van der Waals surface area contributed by atoms with Crippen LogP contribution in [-0.2, 0) is 9.53 Å². The number of rotatable bonds is 3. The van der Waals surface area contributed by atoms with Gasteiger partial charge in [0.15, 0.2) is 0 Å². The molecule has 5 heteroatoms. The van der Waals surface area contributed by atoms with Crippen LogP contribution in [0.4, 0.5) is 0 Å². The number of aliphatic hydroxyl groups excluding tert-OH is 3. The minimum absolute atomic E-state index is 0.181. The van der Waals surface area contributed by atoms with Crippen molar-refractivity contribution < 1.29 is 24.9 Å². The first kappa shape index (κ1) is 10.6. The second-order valence-electron chi connectivity index (χ2n) is 3.18. The van der Waals surface area contributed by atoms with Crippen LogP contribution >= 0.6 is 0 Å². The van der Waals surface area contributed by atoms with Crippen molar-refractivity contribution in [1.82, 2.24) is 0 Å². The lowest BCUT2D eigenvalue weighted by atomic mass is 9.97. The van der Waals surface area contributed by atoms with E-state index in [0.717, 1.165) is 0 Å². The van der Waals surface area contributed by atoms with Crippen LogP contribution in [0.25, 0.3) is 0 Å². The summed E-state index contributed by atoms with van der Waals surface area (Å²) in [5.41, 5.74) is 0. The minimum Gasteiger partial charge on any atom is -0.394 e. The summed E-state index contributed by atoms with van der Waals surface area (Å²) in [5, 5.41) is 27.4. The maximum atomic E-state index is 10.2. The van der Waals surface area contributed by atoms with Gasteiger partial charge in [0.05, 0.1) is 18.8 Å². The lowest BCUT2D eigenvalue weighted by molar-refractivity contribution is -0.180. The Hall–Kier alpha value is -0.490. The standard InChI is InChI=1S/C8H14O5/c9-2-1-5-3-6(11)8(12)7(4-10)13-5/h2,5-8,10-12H,1,3-4H2. The molecule has 1 rings (SSSR count). The van der Waals surface area contributed by atoms with E-state index in [1.807, 2.05) is 0 Å². The van der Waals surface area contributed by atoms with Gasteiger partial charge in [-0.3, -0.25) is 0 Å². The Morgan fingerprint density at radius 3 is 2.69 bits per heavy atom. The first-order valence-electron chi connectivity index (χ1n) is 4.25. The van der Waals surface area contributed by atoms with Crippen LogP contribution in [0.3, 0.4) is 0 Å². The van der Waals surface area contributed by atoms with Crippen LogP contribution in [0.15, 0.2) is 0 Å². The summed E-state index contributed by atoms with van der Waals surface area (Å²) in [5.74, 6) is 0. The predicted molar refractivity (Wildman–Crippen MR) is 43.1 cm³/mol. The SMILES string of the molecule is O=CCC1CC(O)C(O)C(CO)O1. The summed E-state index contributed by atoms with van der Waals surface area (Å²) in [6, 6.07) is 0. The van der Waals surface area contributed by atoms with Gasteiger partial charge in [0.1, 0.15) is 18.5 Å². The first-order valence-corrected chi connectivity index (χ1v) is 4.25. The van der Waals surface area contributed by atoms with Gasteiger partial charge in [-0.25, -0.2) is 0 Å². The Kier molecular flexibility index (Phi) is 3.80. The highest BCUT2D eigenvalue weighted by Gasteiger charge is 2.35. The highest BCUT2D eigenvalue weighted by atomic mass is 16.5. The van der Waals surface area contributed by atoms with Gasteiger partial charge < -0.3 is 24.9 Å². The van der Waals surface area contributed by atoms with Gasteiger partial charge in [-0.1, -0.05) is 0 Å². The van der Waals surface area contributed by atoms with Crippen LogP contribution in [0.5, 0.6) is 0 Å². The largest absolute Gasteiger partial charge is 0.394 e. The smallest absolute Gasteiger partial charge is 0.122 e. The summed E-state index contributed by atoms with van der Waals surface area (Å²) in [4.78, 5) is 10.2. The monoisotopic (exact) mass is 190 g/mol. The van der Waals surface area contributed by atoms with Gasteiger partial charge >= 0.3 is 0 Å². The molecule has 4 unspecified atom stereocenters. The highest BCUT2D eigenvalue weighted by Crippen LogP contribution is 2.21. The van der Waals surface area contributed by atoms with E-state index in [2.05, 4.69) is 0 Å². The highest BCUT2D eigenvalue weighted by molar-refractivity contribution is 5.50. The normalized spacial score (nSPS) is 40.2. The zero-order valence-corrected chi connectivity index (χ0v) is 7.17. The topological polar surface area (TPSA) is 87.0 Å². The van der Waals surface area contributed by atoms with Gasteiger partial charge in [-0.05, 0) is 0 Å². The van der Waals surface area contributed by atoms with Crippen molar-refractivity contribution in [1.29, 1.82) is 0 Å². The number of ether oxygens (including phenoxy) is 1. The number of carbonyl (C=O) groups excluding carboxylic acids is 1. The Labute approximate surface area is 75.9 Å². The number of aldehydes is 1. The quantitative estimate of drug-likeness (QED) is 0.469. The van der Waals surface area contributed by atoms with E-state index in [0.29, 0.717) is 6.29 Å². The molecule has 0 aliphatic carbocycles. The third-order valence-electron chi connectivity index (χ3n) is 2.19.